The highest BCUT2D eigenvalue weighted by molar-refractivity contribution is 5.96. The number of nitrogens with one attached hydrogen (secondary N) is 1. The maximum Gasteiger partial charge on any atom is 0.255 e. The van der Waals surface area contributed by atoms with Gasteiger partial charge in [-0.05, 0) is 43.0 Å². The number of hydrogen-bond donors (Lipinski definition) is 2. The molecule has 1 saturated carbocycles. The molecule has 1 fully saturated rings. The lowest BCUT2D eigenvalue weighted by atomic mass is 9.69. The first-order valence-electron chi connectivity index (χ1n) is 6.42. The van der Waals surface area contributed by atoms with Crippen molar-refractivity contribution in [2.45, 2.75) is 19.3 Å². The second-order valence-corrected chi connectivity index (χ2v) is 5.08. The van der Waals surface area contributed by atoms with Crippen molar-refractivity contribution in [3.63, 3.8) is 0 Å². The number of rotatable bonds is 5. The number of methoxy groups -OCH3 is 1. The summed E-state index contributed by atoms with van der Waals surface area (Å²) in [7, 11) is 1.46. The maximum atomic E-state index is 13.2. The van der Waals surface area contributed by atoms with E-state index in [1.54, 1.807) is 0 Å². The molecule has 0 unspecified atom stereocenters. The summed E-state index contributed by atoms with van der Waals surface area (Å²) >= 11 is 0. The molecule has 2 rings (SSSR count). The van der Waals surface area contributed by atoms with Crippen LogP contribution in [-0.2, 0) is 0 Å². The summed E-state index contributed by atoms with van der Waals surface area (Å²) in [6.07, 6.45) is 3.21. The van der Waals surface area contributed by atoms with Gasteiger partial charge in [0.05, 0.1) is 12.7 Å². The van der Waals surface area contributed by atoms with Crippen molar-refractivity contribution < 1.29 is 13.9 Å². The summed E-state index contributed by atoms with van der Waals surface area (Å²) in [5.41, 5.74) is 5.98. The van der Waals surface area contributed by atoms with Gasteiger partial charge in [-0.15, -0.1) is 0 Å². The molecular formula is C14H19FN2O2. The highest BCUT2D eigenvalue weighted by Crippen LogP contribution is 2.39. The third kappa shape index (κ3) is 2.87. The van der Waals surface area contributed by atoms with E-state index in [1.807, 2.05) is 0 Å². The van der Waals surface area contributed by atoms with E-state index in [0.717, 1.165) is 19.3 Å². The standard InChI is InChI=1S/C14H19FN2O2/c1-19-12-4-3-10(15)7-11(12)13(18)17-9-14(8-16)5-2-6-14/h3-4,7H,2,5-6,8-9,16H2,1H3,(H,17,18). The lowest BCUT2D eigenvalue weighted by Crippen LogP contribution is -2.46. The fourth-order valence-corrected chi connectivity index (χ4v) is 2.35. The molecule has 1 aliphatic rings. The van der Waals surface area contributed by atoms with Crippen LogP contribution in [0.3, 0.4) is 0 Å². The van der Waals surface area contributed by atoms with E-state index in [0.29, 0.717) is 18.8 Å². The molecule has 1 amide bonds. The van der Waals surface area contributed by atoms with Gasteiger partial charge in [-0.25, -0.2) is 4.39 Å². The monoisotopic (exact) mass is 266 g/mol. The fraction of sp³-hybridized carbons (Fsp3) is 0.500. The Morgan fingerprint density at radius 3 is 2.79 bits per heavy atom. The molecule has 0 radical (unpaired) electrons. The lowest BCUT2D eigenvalue weighted by Gasteiger charge is -2.41. The Morgan fingerprint density at radius 1 is 1.53 bits per heavy atom. The number of amides is 1. The molecule has 104 valence electrons. The molecule has 1 aromatic carbocycles. The van der Waals surface area contributed by atoms with E-state index < -0.39 is 5.82 Å². The molecular weight excluding hydrogens is 247 g/mol. The number of carbonyl (C=O) groups is 1. The Kier molecular flexibility index (Phi) is 4.04. The Balaban J connectivity index is 2.05. The molecule has 4 nitrogen and oxygen atoms in total. The minimum Gasteiger partial charge on any atom is -0.496 e. The van der Waals surface area contributed by atoms with Crippen molar-refractivity contribution in [2.24, 2.45) is 11.1 Å². The van der Waals surface area contributed by atoms with Crippen LogP contribution in [0.4, 0.5) is 4.39 Å². The van der Waals surface area contributed by atoms with Crippen LogP contribution < -0.4 is 15.8 Å². The second-order valence-electron chi connectivity index (χ2n) is 5.08. The van der Waals surface area contributed by atoms with Gasteiger partial charge in [0.1, 0.15) is 11.6 Å². The van der Waals surface area contributed by atoms with Crippen LogP contribution in [0.25, 0.3) is 0 Å². The van der Waals surface area contributed by atoms with Crippen LogP contribution in [0.15, 0.2) is 18.2 Å². The van der Waals surface area contributed by atoms with Gasteiger partial charge < -0.3 is 15.8 Å². The predicted octanol–water partition coefficient (Wildman–Crippen LogP) is 1.69. The zero-order valence-electron chi connectivity index (χ0n) is 11.0. The summed E-state index contributed by atoms with van der Waals surface area (Å²) in [6, 6.07) is 3.90. The third-order valence-corrected chi connectivity index (χ3v) is 3.88. The minimum atomic E-state index is -0.455. The van der Waals surface area contributed by atoms with Crippen LogP contribution in [0.2, 0.25) is 0 Å². The van der Waals surface area contributed by atoms with Gasteiger partial charge in [-0.3, -0.25) is 4.79 Å². The van der Waals surface area contributed by atoms with Crippen molar-refractivity contribution in [3.05, 3.63) is 29.6 Å². The first-order chi connectivity index (χ1) is 9.10. The first kappa shape index (κ1) is 13.8. The smallest absolute Gasteiger partial charge is 0.255 e. The van der Waals surface area contributed by atoms with Crippen molar-refractivity contribution in [2.75, 3.05) is 20.2 Å². The molecule has 3 N–H and O–H groups in total. The van der Waals surface area contributed by atoms with Gasteiger partial charge in [-0.1, -0.05) is 6.42 Å². The Hall–Kier alpha value is -1.62. The largest absolute Gasteiger partial charge is 0.496 e. The number of ether oxygens (including phenoxy) is 1. The predicted molar refractivity (Wildman–Crippen MR) is 70.6 cm³/mol. The lowest BCUT2D eigenvalue weighted by molar-refractivity contribution is 0.0873. The summed E-state index contributed by atoms with van der Waals surface area (Å²) in [5.74, 6) is -0.409. The molecule has 0 saturated heterocycles. The first-order valence-corrected chi connectivity index (χ1v) is 6.42. The summed E-state index contributed by atoms with van der Waals surface area (Å²) in [5, 5.41) is 2.83. The van der Waals surface area contributed by atoms with Gasteiger partial charge >= 0.3 is 0 Å². The molecule has 0 bridgehead atoms. The summed E-state index contributed by atoms with van der Waals surface area (Å²) in [6.45, 7) is 1.09. The van der Waals surface area contributed by atoms with Crippen molar-refractivity contribution >= 4 is 5.91 Å². The molecule has 5 heteroatoms. The third-order valence-electron chi connectivity index (χ3n) is 3.88. The van der Waals surface area contributed by atoms with Gasteiger partial charge in [0.2, 0.25) is 0 Å². The van der Waals surface area contributed by atoms with E-state index in [2.05, 4.69) is 5.32 Å². The van der Waals surface area contributed by atoms with Crippen LogP contribution >= 0.6 is 0 Å². The normalized spacial score (nSPS) is 16.6. The van der Waals surface area contributed by atoms with E-state index in [1.165, 1.54) is 25.3 Å². The fourth-order valence-electron chi connectivity index (χ4n) is 2.35. The molecule has 0 aromatic heterocycles. The van der Waals surface area contributed by atoms with Gasteiger partial charge in [0, 0.05) is 6.54 Å². The second kappa shape index (κ2) is 5.57. The topological polar surface area (TPSA) is 64.3 Å². The van der Waals surface area contributed by atoms with Gasteiger partial charge in [-0.2, -0.15) is 0 Å². The van der Waals surface area contributed by atoms with E-state index in [4.69, 9.17) is 10.5 Å². The Labute approximate surface area is 112 Å². The quantitative estimate of drug-likeness (QED) is 0.852. The number of nitrogens with two attached hydrogens (primary N) is 1. The summed E-state index contributed by atoms with van der Waals surface area (Å²) < 4.78 is 18.3. The highest BCUT2D eigenvalue weighted by Gasteiger charge is 2.35. The summed E-state index contributed by atoms with van der Waals surface area (Å²) in [4.78, 5) is 12.1. The number of hydrogen-bond acceptors (Lipinski definition) is 3. The Bertz CT molecular complexity index is 467. The van der Waals surface area contributed by atoms with E-state index in [9.17, 15) is 9.18 Å². The van der Waals surface area contributed by atoms with Crippen molar-refractivity contribution in [3.8, 4) is 5.75 Å². The molecule has 1 aliphatic carbocycles. The highest BCUT2D eigenvalue weighted by atomic mass is 19.1. The average molecular weight is 266 g/mol. The van der Waals surface area contributed by atoms with Gasteiger partial charge in [0.15, 0.2) is 0 Å². The van der Waals surface area contributed by atoms with Crippen LogP contribution in [0.5, 0.6) is 5.75 Å². The SMILES string of the molecule is COc1ccc(F)cc1C(=O)NCC1(CN)CCC1. The zero-order valence-corrected chi connectivity index (χ0v) is 11.0. The van der Waals surface area contributed by atoms with Gasteiger partial charge in [0.25, 0.3) is 5.91 Å². The molecule has 0 spiro atoms. The Morgan fingerprint density at radius 2 is 2.26 bits per heavy atom. The zero-order chi connectivity index (χ0) is 13.9. The van der Waals surface area contributed by atoms with Crippen LogP contribution in [0.1, 0.15) is 29.6 Å². The molecule has 0 aliphatic heterocycles. The number of carbonyl (C=O) groups excluding carboxylic acids is 1. The van der Waals surface area contributed by atoms with Crippen molar-refractivity contribution in [1.29, 1.82) is 0 Å². The minimum absolute atomic E-state index is 0.0240. The molecule has 19 heavy (non-hydrogen) atoms. The number of benzene rings is 1. The van der Waals surface area contributed by atoms with E-state index in [-0.39, 0.29) is 16.9 Å². The van der Waals surface area contributed by atoms with Crippen LogP contribution in [-0.4, -0.2) is 26.1 Å². The van der Waals surface area contributed by atoms with E-state index >= 15 is 0 Å². The molecule has 1 aromatic rings. The molecule has 0 heterocycles. The average Bonchev–Trinajstić information content (AvgIpc) is 2.37. The number of halogens is 1. The van der Waals surface area contributed by atoms with Crippen molar-refractivity contribution in [1.82, 2.24) is 5.32 Å². The van der Waals surface area contributed by atoms with Crippen LogP contribution in [0, 0.1) is 11.2 Å². The molecule has 0 atom stereocenters. The maximum absolute atomic E-state index is 13.2.